The number of imidazole rings is 1. The van der Waals surface area contributed by atoms with Crippen molar-refractivity contribution >= 4 is 21.8 Å². The SMILES string of the molecule is Cn1ccnc1SC1CCC(NS(=O)(=O)CC2COCCO2)CC1. The maximum atomic E-state index is 12.3. The molecule has 3 rings (SSSR count). The van der Waals surface area contributed by atoms with Gasteiger partial charge in [-0.05, 0) is 25.7 Å². The molecule has 9 heteroatoms. The van der Waals surface area contributed by atoms with Gasteiger partial charge in [-0.15, -0.1) is 0 Å². The zero-order valence-corrected chi connectivity index (χ0v) is 15.5. The Morgan fingerprint density at radius 3 is 2.75 bits per heavy atom. The third-order valence-corrected chi connectivity index (χ3v) is 7.27. The highest BCUT2D eigenvalue weighted by Crippen LogP contribution is 2.32. The molecule has 0 aromatic carbocycles. The molecule has 1 aromatic heterocycles. The van der Waals surface area contributed by atoms with Crippen LogP contribution >= 0.6 is 11.8 Å². The molecule has 1 unspecified atom stereocenters. The van der Waals surface area contributed by atoms with Crippen LogP contribution in [-0.2, 0) is 26.5 Å². The lowest BCUT2D eigenvalue weighted by atomic mass is 9.96. The van der Waals surface area contributed by atoms with E-state index in [2.05, 4.69) is 9.71 Å². The molecular weight excluding hydrogens is 350 g/mol. The normalized spacial score (nSPS) is 28.8. The summed E-state index contributed by atoms with van der Waals surface area (Å²) in [6, 6.07) is 0.0257. The predicted octanol–water partition coefficient (Wildman–Crippen LogP) is 1.16. The van der Waals surface area contributed by atoms with Gasteiger partial charge in [0, 0.05) is 30.7 Å². The van der Waals surface area contributed by atoms with Crippen molar-refractivity contribution in [2.75, 3.05) is 25.6 Å². The van der Waals surface area contributed by atoms with Crippen LogP contribution in [-0.4, -0.2) is 60.9 Å². The van der Waals surface area contributed by atoms with Crippen molar-refractivity contribution in [2.24, 2.45) is 7.05 Å². The van der Waals surface area contributed by atoms with E-state index in [0.29, 0.717) is 25.1 Å². The van der Waals surface area contributed by atoms with Gasteiger partial charge in [-0.25, -0.2) is 18.1 Å². The van der Waals surface area contributed by atoms with Gasteiger partial charge in [-0.2, -0.15) is 0 Å². The second kappa shape index (κ2) is 8.18. The molecule has 0 radical (unpaired) electrons. The van der Waals surface area contributed by atoms with Crippen LogP contribution in [0.2, 0.25) is 0 Å². The Kier molecular flexibility index (Phi) is 6.20. The van der Waals surface area contributed by atoms with E-state index < -0.39 is 10.0 Å². The minimum absolute atomic E-state index is 0.0189. The summed E-state index contributed by atoms with van der Waals surface area (Å²) in [6.07, 6.45) is 7.11. The number of aryl methyl sites for hydroxylation is 1. The first-order valence-corrected chi connectivity index (χ1v) is 10.9. The van der Waals surface area contributed by atoms with Crippen LogP contribution in [0.1, 0.15) is 25.7 Å². The summed E-state index contributed by atoms with van der Waals surface area (Å²) < 4.78 is 40.1. The van der Waals surface area contributed by atoms with Gasteiger partial charge < -0.3 is 14.0 Å². The zero-order valence-electron chi connectivity index (χ0n) is 13.9. The van der Waals surface area contributed by atoms with Crippen LogP contribution in [0.25, 0.3) is 0 Å². The molecule has 1 N–H and O–H groups in total. The molecule has 2 aliphatic rings. The second-order valence-electron chi connectivity index (χ2n) is 6.38. The third kappa shape index (κ3) is 5.19. The number of ether oxygens (including phenoxy) is 2. The van der Waals surface area contributed by atoms with Gasteiger partial charge in [0.2, 0.25) is 10.0 Å². The summed E-state index contributed by atoms with van der Waals surface area (Å²) in [5.74, 6) is -0.0189. The molecule has 0 amide bonds. The molecular formula is C15H25N3O4S2. The van der Waals surface area contributed by atoms with Crippen molar-refractivity contribution in [2.45, 2.75) is 48.2 Å². The minimum atomic E-state index is -3.33. The number of thioether (sulfide) groups is 1. The number of rotatable bonds is 6. The Morgan fingerprint density at radius 1 is 1.33 bits per heavy atom. The van der Waals surface area contributed by atoms with Gasteiger partial charge >= 0.3 is 0 Å². The highest BCUT2D eigenvalue weighted by molar-refractivity contribution is 7.99. The van der Waals surface area contributed by atoms with Crippen LogP contribution in [0.3, 0.4) is 0 Å². The molecule has 1 saturated carbocycles. The second-order valence-corrected chi connectivity index (χ2v) is 9.45. The molecule has 7 nitrogen and oxygen atoms in total. The van der Waals surface area contributed by atoms with Gasteiger partial charge in [0.05, 0.1) is 31.7 Å². The average Bonchev–Trinajstić information content (AvgIpc) is 2.94. The largest absolute Gasteiger partial charge is 0.376 e. The monoisotopic (exact) mass is 375 g/mol. The summed E-state index contributed by atoms with van der Waals surface area (Å²) in [6.45, 7) is 1.37. The standard InChI is InChI=1S/C15H25N3O4S2/c1-18-7-6-16-15(18)23-14-4-2-12(3-5-14)17-24(19,20)11-13-10-21-8-9-22-13/h6-7,12-14,17H,2-5,8-11H2,1H3. The van der Waals surface area contributed by atoms with Crippen LogP contribution in [0.5, 0.6) is 0 Å². The molecule has 0 spiro atoms. The molecule has 0 bridgehead atoms. The third-order valence-electron chi connectivity index (χ3n) is 4.36. The molecule has 136 valence electrons. The molecule has 24 heavy (non-hydrogen) atoms. The van der Waals surface area contributed by atoms with Gasteiger partial charge in [0.25, 0.3) is 0 Å². The molecule has 2 heterocycles. The maximum Gasteiger partial charge on any atom is 0.214 e. The van der Waals surface area contributed by atoms with E-state index in [-0.39, 0.29) is 17.9 Å². The Hall–Kier alpha value is -0.610. The fourth-order valence-corrected chi connectivity index (χ4v) is 5.77. The summed E-state index contributed by atoms with van der Waals surface area (Å²) in [7, 11) is -1.34. The van der Waals surface area contributed by atoms with E-state index in [1.165, 1.54) is 0 Å². The molecule has 1 aromatic rings. The summed E-state index contributed by atoms with van der Waals surface area (Å²) in [4.78, 5) is 4.34. The van der Waals surface area contributed by atoms with Crippen molar-refractivity contribution in [1.82, 2.24) is 14.3 Å². The summed E-state index contributed by atoms with van der Waals surface area (Å²) in [5, 5.41) is 1.52. The van der Waals surface area contributed by atoms with Crippen molar-refractivity contribution < 1.29 is 17.9 Å². The Balaban J connectivity index is 1.43. The van der Waals surface area contributed by atoms with Crippen molar-refractivity contribution in [3.63, 3.8) is 0 Å². The van der Waals surface area contributed by atoms with E-state index in [0.717, 1.165) is 30.8 Å². The fraction of sp³-hybridized carbons (Fsp3) is 0.800. The molecule has 2 fully saturated rings. The van der Waals surface area contributed by atoms with E-state index in [1.54, 1.807) is 18.0 Å². The first kappa shape index (κ1) is 18.2. The quantitative estimate of drug-likeness (QED) is 0.803. The van der Waals surface area contributed by atoms with Gasteiger partial charge in [0.15, 0.2) is 5.16 Å². The van der Waals surface area contributed by atoms with Crippen molar-refractivity contribution in [3.8, 4) is 0 Å². The average molecular weight is 376 g/mol. The van der Waals surface area contributed by atoms with E-state index in [9.17, 15) is 8.42 Å². The molecule has 1 aliphatic heterocycles. The lowest BCUT2D eigenvalue weighted by molar-refractivity contribution is -0.0783. The number of nitrogens with zero attached hydrogens (tertiary/aromatic N) is 2. The smallest absolute Gasteiger partial charge is 0.214 e. The number of aromatic nitrogens is 2. The van der Waals surface area contributed by atoms with Crippen LogP contribution < -0.4 is 4.72 Å². The zero-order chi connectivity index (χ0) is 17.0. The predicted molar refractivity (Wildman–Crippen MR) is 92.6 cm³/mol. The first-order chi connectivity index (χ1) is 11.5. The van der Waals surface area contributed by atoms with E-state index in [1.807, 2.05) is 17.8 Å². The Labute approximate surface area is 147 Å². The van der Waals surface area contributed by atoms with Gasteiger partial charge in [-0.3, -0.25) is 0 Å². The van der Waals surface area contributed by atoms with Crippen molar-refractivity contribution in [1.29, 1.82) is 0 Å². The summed E-state index contributed by atoms with van der Waals surface area (Å²) >= 11 is 1.78. The van der Waals surface area contributed by atoms with Crippen LogP contribution in [0.15, 0.2) is 17.6 Å². The van der Waals surface area contributed by atoms with Crippen molar-refractivity contribution in [3.05, 3.63) is 12.4 Å². The minimum Gasteiger partial charge on any atom is -0.376 e. The Morgan fingerprint density at radius 2 is 2.12 bits per heavy atom. The van der Waals surface area contributed by atoms with Gasteiger partial charge in [0.1, 0.15) is 0 Å². The number of hydrogen-bond acceptors (Lipinski definition) is 6. The Bertz CT molecular complexity index is 620. The molecule has 1 atom stereocenters. The first-order valence-electron chi connectivity index (χ1n) is 8.35. The number of sulfonamides is 1. The lowest BCUT2D eigenvalue weighted by Crippen LogP contribution is -2.44. The van der Waals surface area contributed by atoms with Crippen LogP contribution in [0, 0.1) is 0 Å². The van der Waals surface area contributed by atoms with Gasteiger partial charge in [-0.1, -0.05) is 11.8 Å². The highest BCUT2D eigenvalue weighted by atomic mass is 32.2. The fourth-order valence-electron chi connectivity index (χ4n) is 3.09. The van der Waals surface area contributed by atoms with E-state index in [4.69, 9.17) is 9.47 Å². The number of hydrogen-bond donors (Lipinski definition) is 1. The summed E-state index contributed by atoms with van der Waals surface area (Å²) in [5.41, 5.74) is 0. The molecule has 1 aliphatic carbocycles. The number of nitrogens with one attached hydrogen (secondary N) is 1. The maximum absolute atomic E-state index is 12.3. The lowest BCUT2D eigenvalue weighted by Gasteiger charge is -2.29. The van der Waals surface area contributed by atoms with E-state index >= 15 is 0 Å². The molecule has 1 saturated heterocycles. The van der Waals surface area contributed by atoms with Crippen LogP contribution in [0.4, 0.5) is 0 Å². The topological polar surface area (TPSA) is 82.5 Å². The highest BCUT2D eigenvalue weighted by Gasteiger charge is 2.28.